The van der Waals surface area contributed by atoms with Crippen molar-refractivity contribution in [3.05, 3.63) is 0 Å². The monoisotopic (exact) mass is 232 g/mol. The quantitative estimate of drug-likeness (QED) is 0.660. The van der Waals surface area contributed by atoms with Crippen LogP contribution in [0, 0.1) is 5.92 Å². The molecule has 3 N–H and O–H groups in total. The molecule has 1 saturated heterocycles. The number of urea groups is 1. The van der Waals surface area contributed by atoms with Gasteiger partial charge in [-0.1, -0.05) is 0 Å². The van der Waals surface area contributed by atoms with E-state index in [2.05, 4.69) is 10.6 Å². The molecule has 0 bridgehead atoms. The largest absolute Gasteiger partial charge is 0.480 e. The smallest absolute Gasteiger partial charge is 0.325 e. The fourth-order valence-corrected chi connectivity index (χ4v) is 2.58. The molecule has 0 aromatic carbocycles. The zero-order valence-corrected chi connectivity index (χ0v) is 9.47. The maximum absolute atomic E-state index is 11.2. The van der Waals surface area contributed by atoms with Crippen LogP contribution in [0.5, 0.6) is 0 Å². The molecule has 86 valence electrons. The average molecular weight is 232 g/mol. The van der Waals surface area contributed by atoms with Crippen molar-refractivity contribution in [2.24, 2.45) is 5.92 Å². The van der Waals surface area contributed by atoms with Crippen LogP contribution in [0.2, 0.25) is 0 Å². The lowest BCUT2D eigenvalue weighted by Gasteiger charge is -2.13. The number of carboxylic acid groups (broad SMARTS) is 1. The Morgan fingerprint density at radius 2 is 2.33 bits per heavy atom. The molecule has 0 aromatic heterocycles. The first-order valence-corrected chi connectivity index (χ1v) is 6.10. The van der Waals surface area contributed by atoms with Gasteiger partial charge in [0.05, 0.1) is 0 Å². The Kier molecular flexibility index (Phi) is 4.74. The number of aliphatic carboxylic acids is 1. The van der Waals surface area contributed by atoms with Crippen molar-refractivity contribution in [2.75, 3.05) is 18.1 Å². The molecule has 0 radical (unpaired) electrons. The summed E-state index contributed by atoms with van der Waals surface area (Å²) in [6.07, 6.45) is 1.12. The topological polar surface area (TPSA) is 78.4 Å². The van der Waals surface area contributed by atoms with Crippen molar-refractivity contribution < 1.29 is 14.7 Å². The lowest BCUT2D eigenvalue weighted by molar-refractivity contribution is -0.138. The second kappa shape index (κ2) is 5.85. The average Bonchev–Trinajstić information content (AvgIpc) is 2.66. The minimum atomic E-state index is -1.03. The van der Waals surface area contributed by atoms with Gasteiger partial charge < -0.3 is 15.7 Å². The maximum atomic E-state index is 11.2. The van der Waals surface area contributed by atoms with E-state index in [1.165, 1.54) is 6.92 Å². The Bertz CT molecular complexity index is 242. The van der Waals surface area contributed by atoms with Crippen LogP contribution in [-0.2, 0) is 4.79 Å². The summed E-state index contributed by atoms with van der Waals surface area (Å²) in [4.78, 5) is 21.7. The van der Waals surface area contributed by atoms with Crippen molar-refractivity contribution in [1.29, 1.82) is 0 Å². The van der Waals surface area contributed by atoms with Crippen molar-refractivity contribution in [3.63, 3.8) is 0 Å². The normalized spacial score (nSPS) is 22.1. The van der Waals surface area contributed by atoms with Gasteiger partial charge in [0, 0.05) is 6.54 Å². The van der Waals surface area contributed by atoms with Crippen LogP contribution in [0.15, 0.2) is 0 Å². The van der Waals surface area contributed by atoms with Gasteiger partial charge in [0.1, 0.15) is 6.04 Å². The van der Waals surface area contributed by atoms with E-state index >= 15 is 0 Å². The second-order valence-electron chi connectivity index (χ2n) is 3.64. The van der Waals surface area contributed by atoms with Crippen molar-refractivity contribution in [3.8, 4) is 0 Å². The third-order valence-electron chi connectivity index (χ3n) is 2.29. The van der Waals surface area contributed by atoms with Crippen molar-refractivity contribution >= 4 is 23.8 Å². The van der Waals surface area contributed by atoms with Gasteiger partial charge in [-0.05, 0) is 30.8 Å². The van der Waals surface area contributed by atoms with E-state index in [-0.39, 0.29) is 0 Å². The number of amides is 2. The van der Waals surface area contributed by atoms with Crippen LogP contribution in [0.4, 0.5) is 4.79 Å². The highest BCUT2D eigenvalue weighted by molar-refractivity contribution is 7.99. The van der Waals surface area contributed by atoms with Crippen LogP contribution in [0.1, 0.15) is 13.3 Å². The number of nitrogens with one attached hydrogen (secondary N) is 2. The van der Waals surface area contributed by atoms with Gasteiger partial charge >= 0.3 is 12.0 Å². The third kappa shape index (κ3) is 4.42. The van der Waals surface area contributed by atoms with Crippen LogP contribution >= 0.6 is 11.8 Å². The molecule has 0 spiro atoms. The molecule has 5 nitrogen and oxygen atoms in total. The Morgan fingerprint density at radius 1 is 1.60 bits per heavy atom. The van der Waals surface area contributed by atoms with E-state index in [1.54, 1.807) is 0 Å². The van der Waals surface area contributed by atoms with Gasteiger partial charge in [0.25, 0.3) is 0 Å². The highest BCUT2D eigenvalue weighted by Gasteiger charge is 2.17. The Balaban J connectivity index is 2.15. The molecule has 1 fully saturated rings. The van der Waals surface area contributed by atoms with Crippen molar-refractivity contribution in [1.82, 2.24) is 10.6 Å². The third-order valence-corrected chi connectivity index (χ3v) is 3.52. The summed E-state index contributed by atoms with van der Waals surface area (Å²) in [5.74, 6) is 1.73. The van der Waals surface area contributed by atoms with Gasteiger partial charge in [0.15, 0.2) is 0 Å². The van der Waals surface area contributed by atoms with E-state index < -0.39 is 18.0 Å². The first-order chi connectivity index (χ1) is 7.09. The van der Waals surface area contributed by atoms with Crippen LogP contribution < -0.4 is 10.6 Å². The van der Waals surface area contributed by atoms with Gasteiger partial charge in [-0.15, -0.1) is 0 Å². The van der Waals surface area contributed by atoms with Crippen LogP contribution in [-0.4, -0.2) is 41.2 Å². The molecule has 1 heterocycles. The molecule has 1 aliphatic heterocycles. The Labute approximate surface area is 93.0 Å². The molecule has 1 aliphatic rings. The fraction of sp³-hybridized carbons (Fsp3) is 0.778. The summed E-state index contributed by atoms with van der Waals surface area (Å²) in [5.41, 5.74) is 0. The molecule has 15 heavy (non-hydrogen) atoms. The molecular formula is C9H16N2O3S. The summed E-state index contributed by atoms with van der Waals surface area (Å²) < 4.78 is 0. The SMILES string of the molecule is CC(NC(=O)NCC1CCSC1)C(=O)O. The van der Waals surface area contributed by atoms with Gasteiger partial charge in [-0.2, -0.15) is 11.8 Å². The summed E-state index contributed by atoms with van der Waals surface area (Å²) >= 11 is 1.89. The summed E-state index contributed by atoms with van der Waals surface area (Å²) in [6, 6.07) is -1.25. The van der Waals surface area contributed by atoms with E-state index in [9.17, 15) is 9.59 Å². The maximum Gasteiger partial charge on any atom is 0.325 e. The van der Waals surface area contributed by atoms with E-state index in [0.29, 0.717) is 12.5 Å². The first-order valence-electron chi connectivity index (χ1n) is 4.94. The van der Waals surface area contributed by atoms with Gasteiger partial charge in [-0.25, -0.2) is 4.79 Å². The fourth-order valence-electron chi connectivity index (χ4n) is 1.29. The van der Waals surface area contributed by atoms with Gasteiger partial charge in [0.2, 0.25) is 0 Å². The van der Waals surface area contributed by atoms with E-state index in [1.807, 2.05) is 11.8 Å². The molecule has 0 saturated carbocycles. The van der Waals surface area contributed by atoms with E-state index in [0.717, 1.165) is 17.9 Å². The summed E-state index contributed by atoms with van der Waals surface area (Å²) in [7, 11) is 0. The lowest BCUT2D eigenvalue weighted by atomic mass is 10.1. The number of carboxylic acids is 1. The molecule has 2 unspecified atom stereocenters. The number of carbonyl (C=O) groups excluding carboxylic acids is 1. The zero-order valence-electron chi connectivity index (χ0n) is 8.66. The first kappa shape index (κ1) is 12.2. The molecule has 0 aliphatic carbocycles. The predicted molar refractivity (Wildman–Crippen MR) is 59.1 cm³/mol. The number of hydrogen-bond acceptors (Lipinski definition) is 3. The number of rotatable bonds is 4. The summed E-state index contributed by atoms with van der Waals surface area (Å²) in [5, 5.41) is 13.6. The standard InChI is InChI=1S/C9H16N2O3S/c1-6(8(12)13)11-9(14)10-4-7-2-3-15-5-7/h6-7H,2-5H2,1H3,(H,12,13)(H2,10,11,14). The predicted octanol–water partition coefficient (Wildman–Crippen LogP) is 0.512. The molecule has 2 atom stereocenters. The lowest BCUT2D eigenvalue weighted by Crippen LogP contribution is -2.45. The Hall–Kier alpha value is -0.910. The highest BCUT2D eigenvalue weighted by atomic mass is 32.2. The molecule has 2 amide bonds. The van der Waals surface area contributed by atoms with Crippen LogP contribution in [0.3, 0.4) is 0 Å². The summed E-state index contributed by atoms with van der Waals surface area (Å²) in [6.45, 7) is 2.07. The van der Waals surface area contributed by atoms with Gasteiger partial charge in [-0.3, -0.25) is 4.79 Å². The van der Waals surface area contributed by atoms with Crippen LogP contribution in [0.25, 0.3) is 0 Å². The molecule has 1 rings (SSSR count). The molecule has 0 aromatic rings. The zero-order chi connectivity index (χ0) is 11.3. The van der Waals surface area contributed by atoms with Crippen molar-refractivity contribution in [2.45, 2.75) is 19.4 Å². The highest BCUT2D eigenvalue weighted by Crippen LogP contribution is 2.22. The second-order valence-corrected chi connectivity index (χ2v) is 4.79. The number of carbonyl (C=O) groups is 2. The molecule has 6 heteroatoms. The Morgan fingerprint density at radius 3 is 2.87 bits per heavy atom. The number of hydrogen-bond donors (Lipinski definition) is 3. The molecular weight excluding hydrogens is 216 g/mol. The minimum Gasteiger partial charge on any atom is -0.480 e. The van der Waals surface area contributed by atoms with E-state index in [4.69, 9.17) is 5.11 Å². The number of thioether (sulfide) groups is 1. The minimum absolute atomic E-state index is 0.401.